The van der Waals surface area contributed by atoms with Gasteiger partial charge in [-0.25, -0.2) is 0 Å². The van der Waals surface area contributed by atoms with Gasteiger partial charge in [-0.2, -0.15) is 0 Å². The van der Waals surface area contributed by atoms with Gasteiger partial charge < -0.3 is 29.6 Å². The molecule has 7 heteroatoms. The summed E-state index contributed by atoms with van der Waals surface area (Å²) in [5.41, 5.74) is -0.121. The molecule has 24 heavy (non-hydrogen) atoms. The minimum Gasteiger partial charge on any atom is -0.508 e. The summed E-state index contributed by atoms with van der Waals surface area (Å²) in [5.74, 6) is -0.717. The number of hydrogen-bond donors (Lipinski definition) is 4. The zero-order valence-corrected chi connectivity index (χ0v) is 12.4. The first-order valence-electron chi connectivity index (χ1n) is 7.09. The largest absolute Gasteiger partial charge is 0.508 e. The van der Waals surface area contributed by atoms with Crippen molar-refractivity contribution in [3.8, 4) is 34.1 Å². The number of aromatic hydroxyl groups is 3. The molecule has 3 aromatic rings. The van der Waals surface area contributed by atoms with E-state index in [4.69, 9.17) is 9.15 Å². The van der Waals surface area contributed by atoms with Crippen LogP contribution in [0, 0.1) is 6.92 Å². The van der Waals surface area contributed by atoms with Crippen molar-refractivity contribution in [2.45, 2.75) is 13.2 Å². The lowest BCUT2D eigenvalue weighted by atomic mass is 9.97. The molecule has 7 nitrogen and oxygen atoms in total. The molecule has 4 N–H and O–H groups in total. The Balaban J connectivity index is 2.18. The molecule has 0 unspecified atom stereocenters. The highest BCUT2D eigenvalue weighted by molar-refractivity contribution is 5.91. The lowest BCUT2D eigenvalue weighted by Crippen LogP contribution is -2.20. The molecule has 0 spiro atoms. The second-order valence-electron chi connectivity index (χ2n) is 5.56. The van der Waals surface area contributed by atoms with E-state index >= 15 is 0 Å². The summed E-state index contributed by atoms with van der Waals surface area (Å²) < 4.78 is 10.8. The van der Waals surface area contributed by atoms with Crippen molar-refractivity contribution in [1.29, 1.82) is 0 Å². The van der Waals surface area contributed by atoms with Crippen molar-refractivity contribution in [3.05, 3.63) is 45.8 Å². The summed E-state index contributed by atoms with van der Waals surface area (Å²) in [6.45, 7) is 1.47. The Labute approximate surface area is 134 Å². The highest BCUT2D eigenvalue weighted by Gasteiger charge is 2.32. The zero-order chi connectivity index (χ0) is 17.2. The van der Waals surface area contributed by atoms with Crippen LogP contribution in [0.4, 0.5) is 0 Å². The number of hydrogen-bond acceptors (Lipinski definition) is 7. The number of aliphatic hydroxyl groups is 1. The molecular weight excluding hydrogens is 316 g/mol. The van der Waals surface area contributed by atoms with E-state index in [0.717, 1.165) is 0 Å². The number of aliphatic hydroxyl groups excluding tert-OH is 1. The van der Waals surface area contributed by atoms with Crippen molar-refractivity contribution >= 4 is 11.0 Å². The van der Waals surface area contributed by atoms with E-state index in [1.165, 1.54) is 31.2 Å². The standard InChI is InChI=1S/C17H12O7/c1-6-9(19)5-11-13(14(6)20)15(21)12-8-3-2-7(18)4-10(8)24-17(22)16(12)23-11/h2-5,17-20,22H,1H3/t17-/m0/s1. The summed E-state index contributed by atoms with van der Waals surface area (Å²) in [6, 6.07) is 5.30. The summed E-state index contributed by atoms with van der Waals surface area (Å²) in [4.78, 5) is 12.9. The van der Waals surface area contributed by atoms with E-state index in [9.17, 15) is 25.2 Å². The van der Waals surface area contributed by atoms with Gasteiger partial charge in [0.2, 0.25) is 5.43 Å². The second kappa shape index (κ2) is 4.65. The molecule has 0 saturated heterocycles. The van der Waals surface area contributed by atoms with Gasteiger partial charge in [0.15, 0.2) is 5.76 Å². The number of ether oxygens (including phenoxy) is 1. The normalized spacial score (nSPS) is 15.7. The monoisotopic (exact) mass is 328 g/mol. The molecule has 1 aromatic heterocycles. The van der Waals surface area contributed by atoms with E-state index in [0.29, 0.717) is 5.56 Å². The Morgan fingerprint density at radius 3 is 2.62 bits per heavy atom. The van der Waals surface area contributed by atoms with Gasteiger partial charge in [-0.3, -0.25) is 4.79 Å². The average Bonchev–Trinajstić information content (AvgIpc) is 2.52. The van der Waals surface area contributed by atoms with Gasteiger partial charge in [0.05, 0.1) is 5.56 Å². The highest BCUT2D eigenvalue weighted by Crippen LogP contribution is 2.44. The van der Waals surface area contributed by atoms with Gasteiger partial charge in [-0.1, -0.05) is 0 Å². The van der Waals surface area contributed by atoms with Gasteiger partial charge in [0, 0.05) is 23.3 Å². The van der Waals surface area contributed by atoms with Crippen molar-refractivity contribution in [2.75, 3.05) is 0 Å². The van der Waals surface area contributed by atoms with Crippen LogP contribution in [-0.2, 0) is 0 Å². The predicted molar refractivity (Wildman–Crippen MR) is 83.2 cm³/mol. The zero-order valence-electron chi connectivity index (χ0n) is 12.4. The van der Waals surface area contributed by atoms with Crippen LogP contribution in [0.5, 0.6) is 23.0 Å². The predicted octanol–water partition coefficient (Wildman–Crippen LogP) is 2.27. The molecule has 122 valence electrons. The van der Waals surface area contributed by atoms with Crippen molar-refractivity contribution < 1.29 is 29.6 Å². The first-order chi connectivity index (χ1) is 11.4. The van der Waals surface area contributed by atoms with Crippen LogP contribution in [0.2, 0.25) is 0 Å². The van der Waals surface area contributed by atoms with Crippen LogP contribution in [-0.4, -0.2) is 20.4 Å². The van der Waals surface area contributed by atoms with Gasteiger partial charge in [-0.15, -0.1) is 0 Å². The van der Waals surface area contributed by atoms with Crippen LogP contribution < -0.4 is 10.2 Å². The van der Waals surface area contributed by atoms with Crippen molar-refractivity contribution in [1.82, 2.24) is 0 Å². The molecule has 2 heterocycles. The first kappa shape index (κ1) is 14.4. The van der Waals surface area contributed by atoms with Crippen molar-refractivity contribution in [3.63, 3.8) is 0 Å². The fourth-order valence-electron chi connectivity index (χ4n) is 2.85. The summed E-state index contributed by atoms with van der Waals surface area (Å²) in [5, 5.41) is 39.6. The van der Waals surface area contributed by atoms with Gasteiger partial charge in [-0.05, 0) is 19.1 Å². The number of rotatable bonds is 0. The topological polar surface area (TPSA) is 120 Å². The molecule has 0 aliphatic carbocycles. The lowest BCUT2D eigenvalue weighted by molar-refractivity contribution is -0.0377. The maximum atomic E-state index is 12.9. The third kappa shape index (κ3) is 1.79. The molecule has 0 fully saturated rings. The molecule has 2 aromatic carbocycles. The van der Waals surface area contributed by atoms with E-state index in [2.05, 4.69) is 0 Å². The third-order valence-corrected chi connectivity index (χ3v) is 4.11. The minimum absolute atomic E-state index is 0.0386. The summed E-state index contributed by atoms with van der Waals surface area (Å²) in [7, 11) is 0. The van der Waals surface area contributed by atoms with Crippen LogP contribution in [0.3, 0.4) is 0 Å². The Hall–Kier alpha value is -3.19. The van der Waals surface area contributed by atoms with E-state index in [1.807, 2.05) is 0 Å². The molecule has 1 aliphatic heterocycles. The molecule has 0 saturated carbocycles. The van der Waals surface area contributed by atoms with Gasteiger partial charge in [0.25, 0.3) is 6.29 Å². The fourth-order valence-corrected chi connectivity index (χ4v) is 2.85. The average molecular weight is 328 g/mol. The molecular formula is C17H12O7. The number of phenols is 3. The maximum Gasteiger partial charge on any atom is 0.257 e. The van der Waals surface area contributed by atoms with Gasteiger partial charge in [0.1, 0.15) is 34.0 Å². The van der Waals surface area contributed by atoms with E-state index in [1.54, 1.807) is 0 Å². The van der Waals surface area contributed by atoms with Crippen LogP contribution in [0.15, 0.2) is 33.5 Å². The Morgan fingerprint density at radius 2 is 1.88 bits per heavy atom. The Morgan fingerprint density at radius 1 is 1.12 bits per heavy atom. The maximum absolute atomic E-state index is 12.9. The highest BCUT2D eigenvalue weighted by atomic mass is 16.6. The number of phenolic OH excluding ortho intramolecular Hbond substituents is 3. The van der Waals surface area contributed by atoms with Crippen LogP contribution in [0.1, 0.15) is 17.6 Å². The quantitative estimate of drug-likeness (QED) is 0.499. The van der Waals surface area contributed by atoms with E-state index in [-0.39, 0.29) is 50.9 Å². The second-order valence-corrected chi connectivity index (χ2v) is 5.56. The molecule has 4 rings (SSSR count). The Bertz CT molecular complexity index is 1060. The van der Waals surface area contributed by atoms with Crippen LogP contribution in [0.25, 0.3) is 22.1 Å². The van der Waals surface area contributed by atoms with E-state index < -0.39 is 11.7 Å². The number of fused-ring (bicyclic) bond motifs is 4. The number of benzene rings is 2. The molecule has 1 atom stereocenters. The summed E-state index contributed by atoms with van der Waals surface area (Å²) >= 11 is 0. The van der Waals surface area contributed by atoms with Crippen molar-refractivity contribution in [2.24, 2.45) is 0 Å². The molecule has 1 aliphatic rings. The van der Waals surface area contributed by atoms with Crippen LogP contribution >= 0.6 is 0 Å². The fraction of sp³-hybridized carbons (Fsp3) is 0.118. The summed E-state index contributed by atoms with van der Waals surface area (Å²) in [6.07, 6.45) is -1.56. The molecule has 0 bridgehead atoms. The Kier molecular flexibility index (Phi) is 2.79. The lowest BCUT2D eigenvalue weighted by Gasteiger charge is -2.24. The smallest absolute Gasteiger partial charge is 0.257 e. The first-order valence-corrected chi connectivity index (χ1v) is 7.09. The molecule has 0 amide bonds. The molecule has 0 radical (unpaired) electrons. The third-order valence-electron chi connectivity index (χ3n) is 4.11. The van der Waals surface area contributed by atoms with Gasteiger partial charge >= 0.3 is 0 Å². The SMILES string of the molecule is Cc1c(O)cc2oc3c(c(=O)c2c1O)-c1ccc(O)cc1O[C@@H]3O. The minimum atomic E-state index is -1.56.